The Bertz CT molecular complexity index is 1220. The van der Waals surface area contributed by atoms with Crippen molar-refractivity contribution in [1.29, 1.82) is 0 Å². The number of carbonyl (C=O) groups excluding carboxylic acids is 2. The smallest absolute Gasteiger partial charge is 0.254 e. The number of nitrogens with one attached hydrogen (secondary N) is 3. The molecule has 2 aromatic heterocycles. The van der Waals surface area contributed by atoms with Crippen molar-refractivity contribution in [1.82, 2.24) is 29.8 Å². The zero-order valence-corrected chi connectivity index (χ0v) is 20.0. The summed E-state index contributed by atoms with van der Waals surface area (Å²) in [5, 5.41) is 13.8. The van der Waals surface area contributed by atoms with Crippen LogP contribution in [0.15, 0.2) is 35.6 Å². The summed E-state index contributed by atoms with van der Waals surface area (Å²) >= 11 is 0. The molecule has 1 aliphatic carbocycles. The summed E-state index contributed by atoms with van der Waals surface area (Å²) < 4.78 is 7.21. The molecule has 1 atom stereocenters. The first-order valence-corrected chi connectivity index (χ1v) is 12.0. The van der Waals surface area contributed by atoms with Crippen LogP contribution in [0.1, 0.15) is 38.7 Å². The quantitative estimate of drug-likeness (QED) is 0.295. The first kappa shape index (κ1) is 23.2. The van der Waals surface area contributed by atoms with Gasteiger partial charge in [0.2, 0.25) is 17.8 Å². The number of hydrogen-bond donors (Lipinski definition) is 3. The number of carbonyl (C=O) groups is 2. The number of amides is 2. The Kier molecular flexibility index (Phi) is 6.60. The van der Waals surface area contributed by atoms with E-state index in [2.05, 4.69) is 38.1 Å². The highest BCUT2D eigenvalue weighted by molar-refractivity contribution is 6.15. The highest BCUT2D eigenvalue weighted by Crippen LogP contribution is 2.27. The van der Waals surface area contributed by atoms with E-state index in [1.165, 1.54) is 0 Å². The number of aromatic nitrogens is 4. The predicted molar refractivity (Wildman–Crippen MR) is 132 cm³/mol. The maximum Gasteiger partial charge on any atom is 0.254 e. The third-order valence-electron chi connectivity index (χ3n) is 6.22. The Balaban J connectivity index is 1.54. The molecule has 0 spiro atoms. The van der Waals surface area contributed by atoms with Crippen LogP contribution >= 0.6 is 0 Å². The number of nitrogens with zero attached hydrogens (tertiary/aromatic N) is 5. The third-order valence-corrected chi connectivity index (χ3v) is 6.22. The number of morpholine rings is 1. The third kappa shape index (κ3) is 5.10. The number of rotatable bonds is 8. The van der Waals surface area contributed by atoms with Crippen molar-refractivity contribution < 1.29 is 14.3 Å². The van der Waals surface area contributed by atoms with Crippen LogP contribution < -0.4 is 16.0 Å². The first-order chi connectivity index (χ1) is 17.1. The lowest BCUT2D eigenvalue weighted by Crippen LogP contribution is -2.48. The van der Waals surface area contributed by atoms with E-state index in [0.717, 1.165) is 31.5 Å². The van der Waals surface area contributed by atoms with E-state index in [0.29, 0.717) is 47.9 Å². The number of fused-ring (bicyclic) bond motifs is 1. The van der Waals surface area contributed by atoms with E-state index in [4.69, 9.17) is 14.7 Å². The molecule has 3 N–H and O–H groups in total. The lowest BCUT2D eigenvalue weighted by Gasteiger charge is -2.35. The molecule has 0 aromatic carbocycles. The lowest BCUT2D eigenvalue weighted by atomic mass is 10.1. The maximum absolute atomic E-state index is 12.1. The monoisotopic (exact) mass is 478 g/mol. The molecule has 2 aliphatic heterocycles. The Labute approximate surface area is 203 Å². The minimum atomic E-state index is -0.380. The van der Waals surface area contributed by atoms with E-state index < -0.39 is 0 Å². The van der Waals surface area contributed by atoms with E-state index in [1.807, 2.05) is 19.9 Å². The molecule has 1 saturated carbocycles. The molecule has 0 bridgehead atoms. The Morgan fingerprint density at radius 1 is 1.23 bits per heavy atom. The second-order valence-electron chi connectivity index (χ2n) is 8.83. The maximum atomic E-state index is 12.1. The molecule has 2 amide bonds. The Morgan fingerprint density at radius 2 is 2.03 bits per heavy atom. The summed E-state index contributed by atoms with van der Waals surface area (Å²) in [7, 11) is 0. The van der Waals surface area contributed by atoms with Crippen LogP contribution in [0.2, 0.25) is 0 Å². The molecule has 11 heteroatoms. The molecule has 0 radical (unpaired) electrons. The van der Waals surface area contributed by atoms with Gasteiger partial charge in [0.05, 0.1) is 25.8 Å². The van der Waals surface area contributed by atoms with Crippen LogP contribution in [-0.2, 0) is 14.3 Å². The molecule has 4 heterocycles. The second kappa shape index (κ2) is 9.96. The van der Waals surface area contributed by atoms with Crippen molar-refractivity contribution in [2.45, 2.75) is 45.3 Å². The van der Waals surface area contributed by atoms with Gasteiger partial charge in [0.1, 0.15) is 6.17 Å². The summed E-state index contributed by atoms with van der Waals surface area (Å²) in [6.45, 7) is 6.92. The molecule has 3 aliphatic rings. The van der Waals surface area contributed by atoms with Gasteiger partial charge in [-0.05, 0) is 38.3 Å². The molecule has 1 unspecified atom stereocenters. The summed E-state index contributed by atoms with van der Waals surface area (Å²) in [6.07, 6.45) is 11.6. The van der Waals surface area contributed by atoms with Gasteiger partial charge < -0.3 is 15.4 Å². The van der Waals surface area contributed by atoms with Gasteiger partial charge in [-0.3, -0.25) is 19.8 Å². The van der Waals surface area contributed by atoms with Crippen LogP contribution in [0.25, 0.3) is 11.7 Å². The van der Waals surface area contributed by atoms with Crippen LogP contribution in [0, 0.1) is 0 Å². The number of imide groups is 1. The average Bonchev–Trinajstić information content (AvgIpc) is 3.50. The van der Waals surface area contributed by atoms with Gasteiger partial charge >= 0.3 is 0 Å². The number of hydrogen-bond acceptors (Lipinski definition) is 9. The summed E-state index contributed by atoms with van der Waals surface area (Å²) in [5.41, 5.74) is 2.70. The number of anilines is 2. The molecular weight excluding hydrogens is 448 g/mol. The minimum Gasteiger partial charge on any atom is -0.379 e. The topological polar surface area (TPSA) is 126 Å². The number of ether oxygens (including phenoxy) is 1. The number of allylic oxidation sites excluding steroid dienone is 2. The van der Waals surface area contributed by atoms with Gasteiger partial charge in [0.15, 0.2) is 5.65 Å². The highest BCUT2D eigenvalue weighted by atomic mass is 16.5. The summed E-state index contributed by atoms with van der Waals surface area (Å²) in [5.74, 6) is 0.357. The standard InChI is InChI=1S/C24H30N8O3/c1-3-5-15(4-2)20(31-8-10-35-11-9-31)28-23-29-21-17(12-16-13-19(33)27-22(16)34)14-25-32(21)24(30-23)26-18-6-7-18/h3-5,12,14,18,20H,6-11,13H2,1-2H3,(H,27,33,34)(H2,26,28,29,30). The van der Waals surface area contributed by atoms with Crippen molar-refractivity contribution in [2.24, 2.45) is 0 Å². The molecule has 2 saturated heterocycles. The fraction of sp³-hybridized carbons (Fsp3) is 0.458. The van der Waals surface area contributed by atoms with Gasteiger partial charge in [0, 0.05) is 30.3 Å². The molecule has 3 fully saturated rings. The first-order valence-electron chi connectivity index (χ1n) is 12.0. The molecule has 2 aromatic rings. The Hall–Kier alpha value is -3.57. The fourth-order valence-electron chi connectivity index (χ4n) is 4.25. The van der Waals surface area contributed by atoms with Crippen molar-refractivity contribution in [3.05, 3.63) is 41.1 Å². The van der Waals surface area contributed by atoms with Crippen LogP contribution in [0.4, 0.5) is 11.9 Å². The van der Waals surface area contributed by atoms with Gasteiger partial charge in [-0.15, -0.1) is 0 Å². The van der Waals surface area contributed by atoms with E-state index in [-0.39, 0.29) is 24.4 Å². The van der Waals surface area contributed by atoms with Gasteiger partial charge in [-0.2, -0.15) is 19.6 Å². The highest BCUT2D eigenvalue weighted by Gasteiger charge is 2.28. The SMILES string of the molecule is CC=CC(=CC)C(Nc1nc(NC2CC2)n2ncc(C=C3CC(=O)NC3=O)c2n1)N1CCOCC1. The molecule has 184 valence electrons. The summed E-state index contributed by atoms with van der Waals surface area (Å²) in [6, 6.07) is 0.356. The van der Waals surface area contributed by atoms with E-state index in [1.54, 1.807) is 16.8 Å². The largest absolute Gasteiger partial charge is 0.379 e. The molecule has 35 heavy (non-hydrogen) atoms. The van der Waals surface area contributed by atoms with Gasteiger partial charge in [0.25, 0.3) is 5.91 Å². The minimum absolute atomic E-state index is 0.0483. The summed E-state index contributed by atoms with van der Waals surface area (Å²) in [4.78, 5) is 35.6. The normalized spacial score (nSPS) is 21.8. The molecule has 11 nitrogen and oxygen atoms in total. The second-order valence-corrected chi connectivity index (χ2v) is 8.83. The lowest BCUT2D eigenvalue weighted by molar-refractivity contribution is -0.124. The van der Waals surface area contributed by atoms with Gasteiger partial charge in [-0.1, -0.05) is 18.2 Å². The molecule has 5 rings (SSSR count). The zero-order chi connectivity index (χ0) is 24.4. The van der Waals surface area contributed by atoms with Crippen molar-refractivity contribution in [2.75, 3.05) is 36.9 Å². The van der Waals surface area contributed by atoms with Crippen molar-refractivity contribution in [3.8, 4) is 0 Å². The Morgan fingerprint density at radius 3 is 2.69 bits per heavy atom. The van der Waals surface area contributed by atoms with Crippen LogP contribution in [-0.4, -0.2) is 74.8 Å². The predicted octanol–water partition coefficient (Wildman–Crippen LogP) is 1.72. The van der Waals surface area contributed by atoms with E-state index >= 15 is 0 Å². The zero-order valence-electron chi connectivity index (χ0n) is 20.0. The van der Waals surface area contributed by atoms with Crippen LogP contribution in [0.3, 0.4) is 0 Å². The average molecular weight is 479 g/mol. The van der Waals surface area contributed by atoms with Crippen molar-refractivity contribution >= 4 is 35.4 Å². The van der Waals surface area contributed by atoms with Crippen molar-refractivity contribution in [3.63, 3.8) is 0 Å². The van der Waals surface area contributed by atoms with Gasteiger partial charge in [-0.25, -0.2) is 0 Å². The fourth-order valence-corrected chi connectivity index (χ4v) is 4.25. The molecular formula is C24H30N8O3. The van der Waals surface area contributed by atoms with Crippen LogP contribution in [0.5, 0.6) is 0 Å². The van der Waals surface area contributed by atoms with E-state index in [9.17, 15) is 9.59 Å².